The molecule has 0 aliphatic rings. The molecule has 0 aromatic heterocycles. The fraction of sp³-hybridized carbons (Fsp3) is 0.143. The van der Waals surface area contributed by atoms with Crippen molar-refractivity contribution in [2.45, 2.75) is 6.61 Å². The molecule has 0 saturated carbocycles. The van der Waals surface area contributed by atoms with Gasteiger partial charge in [0.2, 0.25) is 0 Å². The van der Waals surface area contributed by atoms with E-state index in [2.05, 4.69) is 15.9 Å². The van der Waals surface area contributed by atoms with Crippen molar-refractivity contribution in [3.05, 3.63) is 28.0 Å². The molecule has 0 heterocycles. The average molecular weight is 221 g/mol. The molecule has 0 amide bonds. The summed E-state index contributed by atoms with van der Waals surface area (Å²) in [4.78, 5) is 0. The van der Waals surface area contributed by atoms with Crippen molar-refractivity contribution in [3.8, 4) is 5.75 Å². The van der Waals surface area contributed by atoms with E-state index >= 15 is 0 Å². The van der Waals surface area contributed by atoms with Crippen molar-refractivity contribution in [3.63, 3.8) is 0 Å². The van der Waals surface area contributed by atoms with Crippen molar-refractivity contribution < 1.29 is 14.6 Å². The minimum absolute atomic E-state index is 0.229. The van der Waals surface area contributed by atoms with Gasteiger partial charge in [0, 0.05) is 11.6 Å². The van der Waals surface area contributed by atoms with Crippen molar-refractivity contribution in [1.82, 2.24) is 0 Å². The van der Waals surface area contributed by atoms with Crippen LogP contribution in [0.2, 0.25) is 0 Å². The van der Waals surface area contributed by atoms with Gasteiger partial charge in [0.1, 0.15) is 11.6 Å². The molecule has 2 N–H and O–H groups in total. The van der Waals surface area contributed by atoms with Crippen LogP contribution in [-0.4, -0.2) is 10.2 Å². The summed E-state index contributed by atoms with van der Waals surface area (Å²) in [5.41, 5.74) is 0.304. The Morgan fingerprint density at radius 3 is 2.64 bits per heavy atom. The number of halogens is 2. The predicted molar refractivity (Wildman–Crippen MR) is 41.7 cm³/mol. The maximum absolute atomic E-state index is 12.6. The van der Waals surface area contributed by atoms with Gasteiger partial charge < -0.3 is 10.2 Å². The van der Waals surface area contributed by atoms with E-state index < -0.39 is 5.82 Å². The highest BCUT2D eigenvalue weighted by Gasteiger charge is 2.05. The third kappa shape index (κ3) is 1.70. The second-order valence-electron chi connectivity index (χ2n) is 2.05. The third-order valence-electron chi connectivity index (χ3n) is 1.29. The van der Waals surface area contributed by atoms with Crippen molar-refractivity contribution in [1.29, 1.82) is 0 Å². The lowest BCUT2D eigenvalue weighted by Crippen LogP contribution is -1.86. The molecule has 11 heavy (non-hydrogen) atoms. The minimum atomic E-state index is -0.542. The zero-order chi connectivity index (χ0) is 8.43. The molecule has 4 heteroatoms. The number of phenols is 1. The first-order valence-electron chi connectivity index (χ1n) is 2.93. The van der Waals surface area contributed by atoms with Crippen LogP contribution in [0.15, 0.2) is 16.6 Å². The van der Waals surface area contributed by atoms with Gasteiger partial charge in [-0.3, -0.25) is 0 Å². The minimum Gasteiger partial charge on any atom is -0.507 e. The highest BCUT2D eigenvalue weighted by atomic mass is 79.9. The lowest BCUT2D eigenvalue weighted by Gasteiger charge is -2.01. The van der Waals surface area contributed by atoms with Crippen LogP contribution in [0, 0.1) is 5.82 Å². The zero-order valence-electron chi connectivity index (χ0n) is 5.51. The molecule has 60 valence electrons. The first-order valence-corrected chi connectivity index (χ1v) is 3.72. The van der Waals surface area contributed by atoms with E-state index in [-0.39, 0.29) is 16.8 Å². The monoisotopic (exact) mass is 220 g/mol. The van der Waals surface area contributed by atoms with Gasteiger partial charge in [-0.05, 0) is 22.0 Å². The summed E-state index contributed by atoms with van der Waals surface area (Å²) < 4.78 is 12.8. The van der Waals surface area contributed by atoms with Gasteiger partial charge >= 0.3 is 0 Å². The Labute approximate surface area is 71.4 Å². The van der Waals surface area contributed by atoms with Crippen LogP contribution < -0.4 is 0 Å². The molecule has 0 saturated heterocycles. The van der Waals surface area contributed by atoms with Gasteiger partial charge in [-0.2, -0.15) is 0 Å². The Hall–Kier alpha value is -0.610. The molecular formula is C7H6BrFO2. The molecule has 0 atom stereocenters. The second kappa shape index (κ2) is 3.19. The van der Waals surface area contributed by atoms with E-state index in [1.54, 1.807) is 0 Å². The summed E-state index contributed by atoms with van der Waals surface area (Å²) in [5, 5.41) is 17.6. The molecule has 0 bridgehead atoms. The Morgan fingerprint density at radius 2 is 2.09 bits per heavy atom. The second-order valence-corrected chi connectivity index (χ2v) is 2.91. The van der Waals surface area contributed by atoms with Gasteiger partial charge in [-0.15, -0.1) is 0 Å². The maximum atomic E-state index is 12.6. The van der Waals surface area contributed by atoms with Gasteiger partial charge in [0.25, 0.3) is 0 Å². The molecule has 0 radical (unpaired) electrons. The number of aliphatic hydroxyl groups excluding tert-OH is 1. The molecule has 1 rings (SSSR count). The van der Waals surface area contributed by atoms with Crippen LogP contribution in [0.3, 0.4) is 0 Å². The van der Waals surface area contributed by atoms with E-state index in [1.807, 2.05) is 0 Å². The molecule has 1 aromatic rings. The first kappa shape index (κ1) is 8.49. The number of hydrogen-bond acceptors (Lipinski definition) is 2. The number of benzene rings is 1. The van der Waals surface area contributed by atoms with Crippen LogP contribution in [0.5, 0.6) is 5.75 Å². The summed E-state index contributed by atoms with van der Waals surface area (Å²) in [5.74, 6) is -0.770. The molecule has 2 nitrogen and oxygen atoms in total. The Kier molecular flexibility index (Phi) is 2.46. The molecule has 0 aliphatic heterocycles. The molecule has 0 fully saturated rings. The van der Waals surface area contributed by atoms with Gasteiger partial charge in [-0.25, -0.2) is 4.39 Å². The lowest BCUT2D eigenvalue weighted by molar-refractivity contribution is 0.275. The van der Waals surface area contributed by atoms with E-state index in [9.17, 15) is 4.39 Å². The molecule has 1 aromatic carbocycles. The summed E-state index contributed by atoms with van der Waals surface area (Å²) >= 11 is 2.92. The quantitative estimate of drug-likeness (QED) is 0.758. The van der Waals surface area contributed by atoms with Gasteiger partial charge in [0.15, 0.2) is 0 Å². The van der Waals surface area contributed by atoms with Crippen LogP contribution in [-0.2, 0) is 6.61 Å². The number of aromatic hydroxyl groups is 1. The Balaban J connectivity index is 3.21. The molecule has 0 spiro atoms. The highest BCUT2D eigenvalue weighted by molar-refractivity contribution is 9.10. The predicted octanol–water partition coefficient (Wildman–Crippen LogP) is 1.79. The Bertz CT molecular complexity index is 275. The van der Waals surface area contributed by atoms with Gasteiger partial charge in [0.05, 0.1) is 11.1 Å². The van der Waals surface area contributed by atoms with Crippen LogP contribution >= 0.6 is 15.9 Å². The standard InChI is InChI=1S/C7H6BrFO2/c8-5-1-4(3-10)7(11)2-6(5)9/h1-2,10-11H,3H2. The number of rotatable bonds is 1. The Morgan fingerprint density at radius 1 is 1.45 bits per heavy atom. The summed E-state index contributed by atoms with van der Waals surface area (Å²) in [6.45, 7) is -0.301. The van der Waals surface area contributed by atoms with Crippen molar-refractivity contribution >= 4 is 15.9 Å². The lowest BCUT2D eigenvalue weighted by atomic mass is 10.2. The van der Waals surface area contributed by atoms with E-state index in [0.717, 1.165) is 6.07 Å². The topological polar surface area (TPSA) is 40.5 Å². The normalized spacial score (nSPS) is 10.1. The summed E-state index contributed by atoms with van der Waals surface area (Å²) in [7, 11) is 0. The van der Waals surface area contributed by atoms with Gasteiger partial charge in [-0.1, -0.05) is 0 Å². The first-order chi connectivity index (χ1) is 5.15. The van der Waals surface area contributed by atoms with E-state index in [1.165, 1.54) is 6.07 Å². The SMILES string of the molecule is OCc1cc(Br)c(F)cc1O. The molecule has 0 aliphatic carbocycles. The summed E-state index contributed by atoms with van der Waals surface area (Å²) in [6, 6.07) is 2.29. The van der Waals surface area contributed by atoms with Crippen molar-refractivity contribution in [2.75, 3.05) is 0 Å². The van der Waals surface area contributed by atoms with Crippen LogP contribution in [0.1, 0.15) is 5.56 Å². The fourth-order valence-electron chi connectivity index (χ4n) is 0.704. The highest BCUT2D eigenvalue weighted by Crippen LogP contribution is 2.24. The van der Waals surface area contributed by atoms with Crippen LogP contribution in [0.4, 0.5) is 4.39 Å². The number of hydrogen-bond donors (Lipinski definition) is 2. The molecule has 0 unspecified atom stereocenters. The smallest absolute Gasteiger partial charge is 0.141 e. The zero-order valence-corrected chi connectivity index (χ0v) is 7.10. The third-order valence-corrected chi connectivity index (χ3v) is 1.90. The largest absolute Gasteiger partial charge is 0.507 e. The maximum Gasteiger partial charge on any atom is 0.141 e. The number of aliphatic hydroxyl groups is 1. The fourth-order valence-corrected chi connectivity index (χ4v) is 1.09. The molecular weight excluding hydrogens is 215 g/mol. The van der Waals surface area contributed by atoms with Crippen LogP contribution in [0.25, 0.3) is 0 Å². The van der Waals surface area contributed by atoms with E-state index in [4.69, 9.17) is 10.2 Å². The average Bonchev–Trinajstić information content (AvgIpc) is 1.97. The summed E-state index contributed by atoms with van der Waals surface area (Å²) in [6.07, 6.45) is 0. The van der Waals surface area contributed by atoms with Crippen molar-refractivity contribution in [2.24, 2.45) is 0 Å². The van der Waals surface area contributed by atoms with E-state index in [0.29, 0.717) is 5.56 Å².